The number of aryl methyl sites for hydroxylation is 1. The number of benzene rings is 1. The molecule has 3 heteroatoms. The minimum Gasteiger partial charge on any atom is -0.383 e. The van der Waals surface area contributed by atoms with Gasteiger partial charge in [0, 0.05) is 18.5 Å². The molecule has 0 amide bonds. The van der Waals surface area contributed by atoms with Gasteiger partial charge in [-0.05, 0) is 18.4 Å². The second-order valence-electron chi connectivity index (χ2n) is 5.14. The van der Waals surface area contributed by atoms with E-state index in [2.05, 4.69) is 61.5 Å². The zero-order valence-electron chi connectivity index (χ0n) is 12.3. The molecular weight excluding hydrogens is 234 g/mol. The summed E-state index contributed by atoms with van der Waals surface area (Å²) in [5, 5.41) is 0. The number of anilines is 1. The van der Waals surface area contributed by atoms with Gasteiger partial charge in [0.25, 0.3) is 0 Å². The molecule has 3 nitrogen and oxygen atoms in total. The summed E-state index contributed by atoms with van der Waals surface area (Å²) < 4.78 is 2.09. The van der Waals surface area contributed by atoms with Gasteiger partial charge in [-0.2, -0.15) is 0 Å². The molecule has 0 unspecified atom stereocenters. The Labute approximate surface area is 115 Å². The summed E-state index contributed by atoms with van der Waals surface area (Å²) in [4.78, 5) is 4.68. The first-order chi connectivity index (χ1) is 9.08. The van der Waals surface area contributed by atoms with Crippen LogP contribution in [0.1, 0.15) is 45.0 Å². The minimum absolute atomic E-state index is 0.547. The van der Waals surface area contributed by atoms with Gasteiger partial charge in [-0.3, -0.25) is 0 Å². The predicted octanol–water partition coefficient (Wildman–Crippen LogP) is 3.84. The standard InChI is InChI=1S/C16H23N3/c1-5-14-18-15(16(17)19(14)6-2)13-9-7-12(8-10-13)11(3)4/h7-11H,5-6,17H2,1-4H3. The lowest BCUT2D eigenvalue weighted by Crippen LogP contribution is -2.04. The van der Waals surface area contributed by atoms with E-state index in [1.54, 1.807) is 0 Å². The first-order valence-corrected chi connectivity index (χ1v) is 7.03. The molecule has 1 aromatic heterocycles. The molecule has 1 aromatic carbocycles. The molecule has 0 atom stereocenters. The number of nitrogen functional groups attached to an aromatic ring is 1. The molecule has 19 heavy (non-hydrogen) atoms. The first-order valence-electron chi connectivity index (χ1n) is 7.03. The van der Waals surface area contributed by atoms with Crippen molar-refractivity contribution in [3.05, 3.63) is 35.7 Å². The molecule has 0 aliphatic carbocycles. The highest BCUT2D eigenvalue weighted by molar-refractivity contribution is 5.71. The van der Waals surface area contributed by atoms with Crippen LogP contribution in [0.15, 0.2) is 24.3 Å². The van der Waals surface area contributed by atoms with Crippen LogP contribution < -0.4 is 5.73 Å². The summed E-state index contributed by atoms with van der Waals surface area (Å²) in [5.41, 5.74) is 9.57. The highest BCUT2D eigenvalue weighted by Crippen LogP contribution is 2.28. The summed E-state index contributed by atoms with van der Waals surface area (Å²) in [5.74, 6) is 2.38. The smallest absolute Gasteiger partial charge is 0.131 e. The predicted molar refractivity (Wildman–Crippen MR) is 81.2 cm³/mol. The van der Waals surface area contributed by atoms with E-state index in [4.69, 9.17) is 5.73 Å². The molecule has 102 valence electrons. The van der Waals surface area contributed by atoms with Crippen molar-refractivity contribution in [2.75, 3.05) is 5.73 Å². The molecule has 2 rings (SSSR count). The van der Waals surface area contributed by atoms with E-state index in [0.717, 1.165) is 35.9 Å². The second-order valence-corrected chi connectivity index (χ2v) is 5.14. The molecule has 0 aliphatic rings. The topological polar surface area (TPSA) is 43.8 Å². The number of rotatable bonds is 4. The largest absolute Gasteiger partial charge is 0.383 e. The van der Waals surface area contributed by atoms with Crippen LogP contribution in [-0.2, 0) is 13.0 Å². The van der Waals surface area contributed by atoms with Crippen LogP contribution in [0.3, 0.4) is 0 Å². The maximum Gasteiger partial charge on any atom is 0.131 e. The Morgan fingerprint density at radius 1 is 1.16 bits per heavy atom. The number of hydrogen-bond acceptors (Lipinski definition) is 2. The monoisotopic (exact) mass is 257 g/mol. The third-order valence-corrected chi connectivity index (χ3v) is 3.57. The fraction of sp³-hybridized carbons (Fsp3) is 0.438. The van der Waals surface area contributed by atoms with E-state index in [0.29, 0.717) is 5.92 Å². The Morgan fingerprint density at radius 3 is 2.21 bits per heavy atom. The summed E-state index contributed by atoms with van der Waals surface area (Å²) >= 11 is 0. The van der Waals surface area contributed by atoms with Crippen molar-refractivity contribution in [1.82, 2.24) is 9.55 Å². The summed E-state index contributed by atoms with van der Waals surface area (Å²) in [6.45, 7) is 9.48. The summed E-state index contributed by atoms with van der Waals surface area (Å²) in [6.07, 6.45) is 0.905. The average Bonchev–Trinajstić information content (AvgIpc) is 2.75. The third-order valence-electron chi connectivity index (χ3n) is 3.57. The fourth-order valence-corrected chi connectivity index (χ4v) is 2.37. The lowest BCUT2D eigenvalue weighted by atomic mass is 10.0. The van der Waals surface area contributed by atoms with Gasteiger partial charge in [0.2, 0.25) is 0 Å². The van der Waals surface area contributed by atoms with Crippen LogP contribution in [0.4, 0.5) is 5.82 Å². The van der Waals surface area contributed by atoms with Crippen LogP contribution in [0.5, 0.6) is 0 Å². The minimum atomic E-state index is 0.547. The highest BCUT2D eigenvalue weighted by Gasteiger charge is 2.14. The molecule has 0 saturated carbocycles. The lowest BCUT2D eigenvalue weighted by Gasteiger charge is -2.07. The van der Waals surface area contributed by atoms with E-state index < -0.39 is 0 Å². The van der Waals surface area contributed by atoms with E-state index in [1.807, 2.05) is 0 Å². The van der Waals surface area contributed by atoms with E-state index >= 15 is 0 Å². The quantitative estimate of drug-likeness (QED) is 0.904. The van der Waals surface area contributed by atoms with Crippen molar-refractivity contribution >= 4 is 5.82 Å². The average molecular weight is 257 g/mol. The molecule has 0 bridgehead atoms. The lowest BCUT2D eigenvalue weighted by molar-refractivity contribution is 0.713. The Kier molecular flexibility index (Phi) is 3.93. The third kappa shape index (κ3) is 2.50. The van der Waals surface area contributed by atoms with Crippen molar-refractivity contribution in [3.8, 4) is 11.3 Å². The van der Waals surface area contributed by atoms with E-state index in [-0.39, 0.29) is 0 Å². The maximum atomic E-state index is 6.22. The van der Waals surface area contributed by atoms with Crippen molar-refractivity contribution in [2.24, 2.45) is 0 Å². The van der Waals surface area contributed by atoms with Gasteiger partial charge in [0.15, 0.2) is 0 Å². The molecule has 2 N–H and O–H groups in total. The number of imidazole rings is 1. The van der Waals surface area contributed by atoms with Crippen LogP contribution >= 0.6 is 0 Å². The Hall–Kier alpha value is -1.77. The van der Waals surface area contributed by atoms with Crippen molar-refractivity contribution in [2.45, 2.75) is 46.6 Å². The highest BCUT2D eigenvalue weighted by atomic mass is 15.1. The van der Waals surface area contributed by atoms with Crippen LogP contribution in [-0.4, -0.2) is 9.55 Å². The zero-order chi connectivity index (χ0) is 14.0. The van der Waals surface area contributed by atoms with Crippen molar-refractivity contribution < 1.29 is 0 Å². The maximum absolute atomic E-state index is 6.22. The van der Waals surface area contributed by atoms with Gasteiger partial charge in [0.05, 0.1) is 0 Å². The fourth-order valence-electron chi connectivity index (χ4n) is 2.37. The molecular formula is C16H23N3. The van der Waals surface area contributed by atoms with Gasteiger partial charge >= 0.3 is 0 Å². The van der Waals surface area contributed by atoms with E-state index in [1.165, 1.54) is 5.56 Å². The Bertz CT molecular complexity index is 550. The zero-order valence-corrected chi connectivity index (χ0v) is 12.3. The molecule has 0 saturated heterocycles. The number of hydrogen-bond donors (Lipinski definition) is 1. The number of nitrogens with zero attached hydrogens (tertiary/aromatic N) is 2. The SMILES string of the molecule is CCc1nc(-c2ccc(C(C)C)cc2)c(N)n1CC. The normalized spacial score (nSPS) is 11.2. The van der Waals surface area contributed by atoms with E-state index in [9.17, 15) is 0 Å². The van der Waals surface area contributed by atoms with Gasteiger partial charge < -0.3 is 10.3 Å². The molecule has 0 aliphatic heterocycles. The molecule has 0 fully saturated rings. The Balaban J connectivity index is 2.44. The molecule has 2 aromatic rings. The molecule has 0 spiro atoms. The number of aromatic nitrogens is 2. The van der Waals surface area contributed by atoms with Crippen molar-refractivity contribution in [3.63, 3.8) is 0 Å². The molecule has 0 radical (unpaired) electrons. The van der Waals surface area contributed by atoms with Crippen molar-refractivity contribution in [1.29, 1.82) is 0 Å². The van der Waals surface area contributed by atoms with Crippen LogP contribution in [0, 0.1) is 0 Å². The Morgan fingerprint density at radius 2 is 1.79 bits per heavy atom. The van der Waals surface area contributed by atoms with Gasteiger partial charge in [-0.1, -0.05) is 45.0 Å². The van der Waals surface area contributed by atoms with Gasteiger partial charge in [-0.15, -0.1) is 0 Å². The summed E-state index contributed by atoms with van der Waals surface area (Å²) in [6, 6.07) is 8.56. The van der Waals surface area contributed by atoms with Gasteiger partial charge in [-0.25, -0.2) is 4.98 Å². The van der Waals surface area contributed by atoms with Crippen LogP contribution in [0.2, 0.25) is 0 Å². The second kappa shape index (κ2) is 5.47. The molecule has 1 heterocycles. The van der Waals surface area contributed by atoms with Gasteiger partial charge in [0.1, 0.15) is 17.3 Å². The number of nitrogens with two attached hydrogens (primary N) is 1. The first kappa shape index (κ1) is 13.7. The van der Waals surface area contributed by atoms with Crippen LogP contribution in [0.25, 0.3) is 11.3 Å². The summed E-state index contributed by atoms with van der Waals surface area (Å²) in [7, 11) is 0.